The number of rotatable bonds is 4. The van der Waals surface area contributed by atoms with E-state index in [-0.39, 0.29) is 24.1 Å². The third-order valence-corrected chi connectivity index (χ3v) is 3.70. The fraction of sp³-hybridized carbons (Fsp3) is 0.500. The molecule has 0 heterocycles. The third-order valence-electron chi connectivity index (χ3n) is 3.70. The van der Waals surface area contributed by atoms with Crippen LogP contribution in [-0.2, 0) is 0 Å². The fourth-order valence-electron chi connectivity index (χ4n) is 2.58. The monoisotopic (exact) mass is 267 g/mol. The Morgan fingerprint density at radius 2 is 2.11 bits per heavy atom. The van der Waals surface area contributed by atoms with E-state index in [1.54, 1.807) is 0 Å². The molecular formula is C14H18FNO3. The molecule has 19 heavy (non-hydrogen) atoms. The molecule has 4 nitrogen and oxygen atoms in total. The largest absolute Gasteiger partial charge is 0.478 e. The molecule has 104 valence electrons. The van der Waals surface area contributed by atoms with E-state index >= 15 is 0 Å². The van der Waals surface area contributed by atoms with Crippen molar-refractivity contribution in [3.63, 3.8) is 0 Å². The third kappa shape index (κ3) is 3.23. The van der Waals surface area contributed by atoms with Crippen molar-refractivity contribution in [3.8, 4) is 0 Å². The summed E-state index contributed by atoms with van der Waals surface area (Å²) in [4.78, 5) is 10.7. The average molecular weight is 267 g/mol. The van der Waals surface area contributed by atoms with Crippen LogP contribution in [0.1, 0.15) is 36.0 Å². The van der Waals surface area contributed by atoms with E-state index < -0.39 is 11.8 Å². The molecule has 5 heteroatoms. The summed E-state index contributed by atoms with van der Waals surface area (Å²) in [6, 6.07) is 3.89. The molecular weight excluding hydrogens is 249 g/mol. The average Bonchev–Trinajstić information content (AvgIpc) is 2.41. The minimum atomic E-state index is -1.14. The van der Waals surface area contributed by atoms with Crippen LogP contribution < -0.4 is 5.32 Å². The summed E-state index contributed by atoms with van der Waals surface area (Å²) in [6.07, 6.45) is 3.97. The quantitative estimate of drug-likeness (QED) is 0.784. The highest BCUT2D eigenvalue weighted by Crippen LogP contribution is 2.28. The summed E-state index contributed by atoms with van der Waals surface area (Å²) < 4.78 is 13.8. The first-order valence-corrected chi connectivity index (χ1v) is 6.52. The van der Waals surface area contributed by atoms with Crippen LogP contribution in [0.2, 0.25) is 0 Å². The van der Waals surface area contributed by atoms with Gasteiger partial charge in [-0.05, 0) is 31.0 Å². The minimum absolute atomic E-state index is 0.0453. The number of aliphatic hydroxyl groups is 1. The molecule has 2 atom stereocenters. The summed E-state index contributed by atoms with van der Waals surface area (Å²) in [5.74, 6) is -1.58. The number of nitrogens with one attached hydrogen (secondary N) is 1. The van der Waals surface area contributed by atoms with Gasteiger partial charge in [-0.1, -0.05) is 12.8 Å². The fourth-order valence-corrected chi connectivity index (χ4v) is 2.58. The Bertz CT molecular complexity index is 464. The number of hydrogen-bond acceptors (Lipinski definition) is 3. The maximum atomic E-state index is 13.8. The van der Waals surface area contributed by atoms with Gasteiger partial charge >= 0.3 is 5.97 Å². The molecule has 1 aromatic rings. The smallest absolute Gasteiger partial charge is 0.335 e. The van der Waals surface area contributed by atoms with Gasteiger partial charge in [0.25, 0.3) is 0 Å². The number of benzene rings is 1. The van der Waals surface area contributed by atoms with Crippen LogP contribution in [0.4, 0.5) is 10.1 Å². The van der Waals surface area contributed by atoms with Crippen molar-refractivity contribution in [2.45, 2.75) is 31.7 Å². The van der Waals surface area contributed by atoms with Crippen LogP contribution in [-0.4, -0.2) is 28.8 Å². The zero-order chi connectivity index (χ0) is 13.8. The Hall–Kier alpha value is -1.62. The number of carbonyl (C=O) groups is 1. The van der Waals surface area contributed by atoms with Crippen LogP contribution in [0.5, 0.6) is 0 Å². The zero-order valence-electron chi connectivity index (χ0n) is 10.6. The standard InChI is InChI=1S/C14H18FNO3/c15-11-7-9(14(18)19)5-6-13(11)16-12-4-2-1-3-10(12)8-17/h5-7,10,12,16-17H,1-4,8H2,(H,18,19). The Kier molecular flexibility index (Phi) is 4.37. The molecule has 0 spiro atoms. The Balaban J connectivity index is 2.11. The molecule has 0 radical (unpaired) electrons. The van der Waals surface area contributed by atoms with E-state index in [0.29, 0.717) is 5.69 Å². The van der Waals surface area contributed by atoms with Crippen molar-refractivity contribution < 1.29 is 19.4 Å². The molecule has 2 rings (SSSR count). The Morgan fingerprint density at radius 3 is 2.74 bits per heavy atom. The second-order valence-electron chi connectivity index (χ2n) is 4.98. The van der Waals surface area contributed by atoms with Crippen LogP contribution in [0.25, 0.3) is 0 Å². The maximum absolute atomic E-state index is 13.8. The predicted octanol–water partition coefficient (Wildman–Crippen LogP) is 2.49. The number of carboxylic acids is 1. The summed E-state index contributed by atoms with van der Waals surface area (Å²) in [5, 5.41) is 21.2. The summed E-state index contributed by atoms with van der Waals surface area (Å²) in [7, 11) is 0. The van der Waals surface area contributed by atoms with Gasteiger partial charge in [0.1, 0.15) is 5.82 Å². The number of halogens is 1. The predicted molar refractivity (Wildman–Crippen MR) is 69.8 cm³/mol. The molecule has 1 fully saturated rings. The summed E-state index contributed by atoms with van der Waals surface area (Å²) in [5.41, 5.74) is 0.237. The molecule has 1 aliphatic rings. The van der Waals surface area contributed by atoms with Crippen molar-refractivity contribution in [3.05, 3.63) is 29.6 Å². The van der Waals surface area contributed by atoms with E-state index in [4.69, 9.17) is 5.11 Å². The highest BCUT2D eigenvalue weighted by atomic mass is 19.1. The van der Waals surface area contributed by atoms with E-state index in [2.05, 4.69) is 5.32 Å². The van der Waals surface area contributed by atoms with Crippen molar-refractivity contribution in [2.75, 3.05) is 11.9 Å². The van der Waals surface area contributed by atoms with Gasteiger partial charge in [-0.15, -0.1) is 0 Å². The Morgan fingerprint density at radius 1 is 1.37 bits per heavy atom. The second-order valence-corrected chi connectivity index (χ2v) is 4.98. The van der Waals surface area contributed by atoms with Crippen LogP contribution in [0.15, 0.2) is 18.2 Å². The van der Waals surface area contributed by atoms with Crippen LogP contribution in [0.3, 0.4) is 0 Å². The first-order valence-electron chi connectivity index (χ1n) is 6.52. The van der Waals surface area contributed by atoms with Gasteiger partial charge in [0, 0.05) is 18.6 Å². The molecule has 0 bridgehead atoms. The lowest BCUT2D eigenvalue weighted by atomic mass is 9.85. The van der Waals surface area contributed by atoms with E-state index in [9.17, 15) is 14.3 Å². The number of anilines is 1. The normalized spacial score (nSPS) is 23.1. The molecule has 0 aliphatic heterocycles. The molecule has 2 unspecified atom stereocenters. The zero-order valence-corrected chi connectivity index (χ0v) is 10.6. The highest BCUT2D eigenvalue weighted by molar-refractivity contribution is 5.88. The van der Waals surface area contributed by atoms with Crippen molar-refractivity contribution in [1.29, 1.82) is 0 Å². The van der Waals surface area contributed by atoms with Crippen LogP contribution in [0, 0.1) is 11.7 Å². The molecule has 1 aliphatic carbocycles. The van der Waals surface area contributed by atoms with Crippen molar-refractivity contribution >= 4 is 11.7 Å². The summed E-state index contributed by atoms with van der Waals surface area (Å²) in [6.45, 7) is 0.0898. The molecule has 1 aromatic carbocycles. The number of carboxylic acid groups (broad SMARTS) is 1. The first kappa shape index (κ1) is 13.8. The molecule has 1 saturated carbocycles. The number of aliphatic hydroxyl groups excluding tert-OH is 1. The van der Waals surface area contributed by atoms with Crippen LogP contribution >= 0.6 is 0 Å². The lowest BCUT2D eigenvalue weighted by Crippen LogP contribution is -2.34. The SMILES string of the molecule is O=C(O)c1ccc(NC2CCCCC2CO)c(F)c1. The van der Waals surface area contributed by atoms with E-state index in [1.165, 1.54) is 12.1 Å². The number of aromatic carboxylic acids is 1. The van der Waals surface area contributed by atoms with Gasteiger partial charge in [-0.25, -0.2) is 9.18 Å². The topological polar surface area (TPSA) is 69.6 Å². The van der Waals surface area contributed by atoms with Gasteiger partial charge < -0.3 is 15.5 Å². The highest BCUT2D eigenvalue weighted by Gasteiger charge is 2.25. The Labute approximate surface area is 111 Å². The van der Waals surface area contributed by atoms with Crippen molar-refractivity contribution in [1.82, 2.24) is 0 Å². The first-order chi connectivity index (χ1) is 9.11. The summed E-state index contributed by atoms with van der Waals surface area (Å²) >= 11 is 0. The van der Waals surface area contributed by atoms with Gasteiger partial charge in [0.15, 0.2) is 0 Å². The molecule has 3 N–H and O–H groups in total. The van der Waals surface area contributed by atoms with Crippen molar-refractivity contribution in [2.24, 2.45) is 5.92 Å². The van der Waals surface area contributed by atoms with Gasteiger partial charge in [-0.3, -0.25) is 0 Å². The molecule has 0 aromatic heterocycles. The molecule has 0 amide bonds. The van der Waals surface area contributed by atoms with Gasteiger partial charge in [0.2, 0.25) is 0 Å². The van der Waals surface area contributed by atoms with Gasteiger partial charge in [0.05, 0.1) is 11.3 Å². The minimum Gasteiger partial charge on any atom is -0.478 e. The molecule has 0 saturated heterocycles. The van der Waals surface area contributed by atoms with Gasteiger partial charge in [-0.2, -0.15) is 0 Å². The second kappa shape index (κ2) is 6.02. The lowest BCUT2D eigenvalue weighted by Gasteiger charge is -2.31. The van der Waals surface area contributed by atoms with E-state index in [0.717, 1.165) is 31.7 Å². The maximum Gasteiger partial charge on any atom is 0.335 e. The van der Waals surface area contributed by atoms with E-state index in [1.807, 2.05) is 0 Å². The number of hydrogen-bond donors (Lipinski definition) is 3. The lowest BCUT2D eigenvalue weighted by molar-refractivity contribution is 0.0696.